The van der Waals surface area contributed by atoms with Gasteiger partial charge < -0.3 is 19.9 Å². The number of methoxy groups -OCH3 is 1. The molecule has 0 radical (unpaired) electrons. The molecule has 1 aliphatic heterocycles. The van der Waals surface area contributed by atoms with Crippen molar-refractivity contribution in [3.8, 4) is 11.5 Å². The first-order chi connectivity index (χ1) is 18.3. The Morgan fingerprint density at radius 1 is 1.00 bits per heavy atom. The molecule has 38 heavy (non-hydrogen) atoms. The molecule has 0 bridgehead atoms. The number of likely N-dealkylation sites (tertiary alicyclic amines) is 1. The SMILES string of the molecule is COc1ccc(CN2CCC[C@H](Oc3ccc(C[C@H](NC(=O)c4c(Cl)cccc4Cl)C(=O)O)cc3)C2)cc1. The highest BCUT2D eigenvalue weighted by Gasteiger charge is 2.24. The quantitative estimate of drug-likeness (QED) is 0.344. The number of nitrogens with zero attached hydrogens (tertiary/aromatic N) is 1. The van der Waals surface area contributed by atoms with Crippen molar-refractivity contribution in [2.75, 3.05) is 20.2 Å². The second-order valence-corrected chi connectivity index (χ2v) is 10.1. The molecule has 1 saturated heterocycles. The predicted octanol–water partition coefficient (Wildman–Crippen LogP) is 5.47. The van der Waals surface area contributed by atoms with Crippen LogP contribution in [0.25, 0.3) is 0 Å². The van der Waals surface area contributed by atoms with Gasteiger partial charge in [0.25, 0.3) is 5.91 Å². The molecule has 7 nitrogen and oxygen atoms in total. The number of hydrogen-bond donors (Lipinski definition) is 2. The number of piperidine rings is 1. The Balaban J connectivity index is 1.32. The zero-order valence-corrected chi connectivity index (χ0v) is 22.5. The van der Waals surface area contributed by atoms with Gasteiger partial charge in [-0.15, -0.1) is 0 Å². The van der Waals surface area contributed by atoms with Crippen molar-refractivity contribution in [1.82, 2.24) is 10.2 Å². The zero-order chi connectivity index (χ0) is 27.1. The molecule has 3 aromatic carbocycles. The van der Waals surface area contributed by atoms with Gasteiger partial charge in [-0.05, 0) is 66.9 Å². The number of halogens is 2. The van der Waals surface area contributed by atoms with Gasteiger partial charge in [0.2, 0.25) is 0 Å². The smallest absolute Gasteiger partial charge is 0.326 e. The van der Waals surface area contributed by atoms with E-state index in [4.69, 9.17) is 32.7 Å². The topological polar surface area (TPSA) is 88.1 Å². The highest BCUT2D eigenvalue weighted by Crippen LogP contribution is 2.25. The maximum absolute atomic E-state index is 12.7. The van der Waals surface area contributed by atoms with Crippen LogP contribution < -0.4 is 14.8 Å². The predicted molar refractivity (Wildman–Crippen MR) is 147 cm³/mol. The van der Waals surface area contributed by atoms with Gasteiger partial charge in [0.05, 0.1) is 22.7 Å². The van der Waals surface area contributed by atoms with Crippen LogP contribution in [0.4, 0.5) is 0 Å². The van der Waals surface area contributed by atoms with Gasteiger partial charge in [0, 0.05) is 19.5 Å². The molecule has 1 aliphatic rings. The van der Waals surface area contributed by atoms with Crippen LogP contribution in [0, 0.1) is 0 Å². The van der Waals surface area contributed by atoms with E-state index in [1.54, 1.807) is 13.2 Å². The van der Waals surface area contributed by atoms with Crippen LogP contribution in [0.1, 0.15) is 34.3 Å². The Kier molecular flexibility index (Phi) is 9.50. The number of aliphatic carboxylic acids is 1. The molecule has 0 unspecified atom stereocenters. The van der Waals surface area contributed by atoms with Gasteiger partial charge in [-0.25, -0.2) is 4.79 Å². The van der Waals surface area contributed by atoms with E-state index in [2.05, 4.69) is 22.3 Å². The van der Waals surface area contributed by atoms with Crippen LogP contribution >= 0.6 is 23.2 Å². The van der Waals surface area contributed by atoms with Crippen LogP contribution in [-0.2, 0) is 17.8 Å². The Labute approximate surface area is 232 Å². The van der Waals surface area contributed by atoms with Crippen LogP contribution in [0.2, 0.25) is 10.0 Å². The summed E-state index contributed by atoms with van der Waals surface area (Å²) >= 11 is 12.2. The average Bonchev–Trinajstić information content (AvgIpc) is 2.90. The third-order valence-corrected chi connectivity index (χ3v) is 7.12. The van der Waals surface area contributed by atoms with Crippen LogP contribution in [-0.4, -0.2) is 54.2 Å². The van der Waals surface area contributed by atoms with Gasteiger partial charge in [-0.2, -0.15) is 0 Å². The number of hydrogen-bond acceptors (Lipinski definition) is 5. The number of rotatable bonds is 10. The monoisotopic (exact) mass is 556 g/mol. The van der Waals surface area contributed by atoms with Gasteiger partial charge in [-0.1, -0.05) is 53.5 Å². The van der Waals surface area contributed by atoms with Crippen molar-refractivity contribution < 1.29 is 24.2 Å². The van der Waals surface area contributed by atoms with E-state index < -0.39 is 17.9 Å². The lowest BCUT2D eigenvalue weighted by atomic mass is 10.0. The number of carbonyl (C=O) groups is 2. The highest BCUT2D eigenvalue weighted by atomic mass is 35.5. The summed E-state index contributed by atoms with van der Waals surface area (Å²) in [4.78, 5) is 26.9. The number of benzene rings is 3. The molecule has 1 amide bonds. The summed E-state index contributed by atoms with van der Waals surface area (Å²) in [6.45, 7) is 2.70. The van der Waals surface area contributed by atoms with Gasteiger partial charge >= 0.3 is 5.97 Å². The summed E-state index contributed by atoms with van der Waals surface area (Å²) in [5.74, 6) is -0.214. The molecule has 200 valence electrons. The lowest BCUT2D eigenvalue weighted by molar-refractivity contribution is -0.139. The number of amides is 1. The largest absolute Gasteiger partial charge is 0.497 e. The minimum Gasteiger partial charge on any atom is -0.497 e. The number of carboxylic acids is 1. The summed E-state index contributed by atoms with van der Waals surface area (Å²) < 4.78 is 11.5. The first kappa shape index (κ1) is 27.8. The van der Waals surface area contributed by atoms with E-state index in [1.165, 1.54) is 17.7 Å². The molecule has 2 atom stereocenters. The lowest BCUT2D eigenvalue weighted by Crippen LogP contribution is -2.42. The van der Waals surface area contributed by atoms with E-state index in [0.29, 0.717) is 0 Å². The first-order valence-electron chi connectivity index (χ1n) is 12.4. The molecule has 1 fully saturated rings. The van der Waals surface area contributed by atoms with E-state index in [9.17, 15) is 14.7 Å². The van der Waals surface area contributed by atoms with E-state index in [0.717, 1.165) is 49.5 Å². The van der Waals surface area contributed by atoms with Gasteiger partial charge in [0.15, 0.2) is 0 Å². The Hall–Kier alpha value is -3.26. The maximum atomic E-state index is 12.7. The van der Waals surface area contributed by atoms with Crippen LogP contribution in [0.15, 0.2) is 66.7 Å². The number of ether oxygens (including phenoxy) is 2. The first-order valence-corrected chi connectivity index (χ1v) is 13.2. The molecule has 3 aromatic rings. The summed E-state index contributed by atoms with van der Waals surface area (Å²) in [5.41, 5.74) is 2.03. The second-order valence-electron chi connectivity index (χ2n) is 9.27. The van der Waals surface area contributed by atoms with Crippen molar-refractivity contribution in [1.29, 1.82) is 0 Å². The Morgan fingerprint density at radius 2 is 1.63 bits per heavy atom. The fourth-order valence-corrected chi connectivity index (χ4v) is 5.09. The van der Waals surface area contributed by atoms with Crippen molar-refractivity contribution >= 4 is 35.1 Å². The summed E-state index contributed by atoms with van der Waals surface area (Å²) in [6, 6.07) is 18.9. The number of nitrogens with one attached hydrogen (secondary N) is 1. The van der Waals surface area contributed by atoms with E-state index in [1.807, 2.05) is 36.4 Å². The molecule has 1 heterocycles. The fraction of sp³-hybridized carbons (Fsp3) is 0.310. The average molecular weight is 557 g/mol. The molecular formula is C29H30Cl2N2O5. The third-order valence-electron chi connectivity index (χ3n) is 6.49. The molecule has 9 heteroatoms. The lowest BCUT2D eigenvalue weighted by Gasteiger charge is -2.33. The van der Waals surface area contributed by atoms with Crippen molar-refractivity contribution in [3.63, 3.8) is 0 Å². The fourth-order valence-electron chi connectivity index (χ4n) is 4.52. The minimum atomic E-state index is -1.15. The molecule has 0 saturated carbocycles. The molecule has 2 N–H and O–H groups in total. The number of carbonyl (C=O) groups excluding carboxylic acids is 1. The minimum absolute atomic E-state index is 0.0550. The number of carboxylic acid groups (broad SMARTS) is 1. The molecular weight excluding hydrogens is 527 g/mol. The third kappa shape index (κ3) is 7.40. The second kappa shape index (κ2) is 13.0. The summed E-state index contributed by atoms with van der Waals surface area (Å²) in [7, 11) is 1.66. The highest BCUT2D eigenvalue weighted by molar-refractivity contribution is 6.39. The van der Waals surface area contributed by atoms with E-state index in [-0.39, 0.29) is 28.1 Å². The van der Waals surface area contributed by atoms with Crippen molar-refractivity contribution in [2.24, 2.45) is 0 Å². The van der Waals surface area contributed by atoms with Crippen molar-refractivity contribution in [2.45, 2.75) is 38.0 Å². The van der Waals surface area contributed by atoms with E-state index >= 15 is 0 Å². The van der Waals surface area contributed by atoms with Crippen molar-refractivity contribution in [3.05, 3.63) is 93.5 Å². The maximum Gasteiger partial charge on any atom is 0.326 e. The Morgan fingerprint density at radius 3 is 2.26 bits per heavy atom. The normalized spacial score (nSPS) is 16.4. The standard InChI is InChI=1S/C29H30Cl2N2O5/c1-37-21-11-9-20(10-12-21)17-33-15-3-4-23(18-33)38-22-13-7-19(8-14-22)16-26(29(35)36)32-28(34)27-24(30)5-2-6-25(27)31/h2,5-14,23,26H,3-4,15-18H2,1H3,(H,32,34)(H,35,36)/t23-,26-/m0/s1. The molecule has 0 spiro atoms. The van der Waals surface area contributed by atoms with Crippen LogP contribution in [0.3, 0.4) is 0 Å². The van der Waals surface area contributed by atoms with Gasteiger partial charge in [-0.3, -0.25) is 9.69 Å². The van der Waals surface area contributed by atoms with Crippen LogP contribution in [0.5, 0.6) is 11.5 Å². The summed E-state index contributed by atoms with van der Waals surface area (Å²) in [6.07, 6.45) is 2.19. The Bertz CT molecular complexity index is 1230. The molecule has 4 rings (SSSR count). The summed E-state index contributed by atoms with van der Waals surface area (Å²) in [5, 5.41) is 12.5. The zero-order valence-electron chi connectivity index (χ0n) is 21.0. The molecule has 0 aliphatic carbocycles. The van der Waals surface area contributed by atoms with Gasteiger partial charge in [0.1, 0.15) is 23.6 Å². The molecule has 0 aromatic heterocycles.